The molecule has 1 aliphatic rings. The number of benzene rings is 1. The lowest BCUT2D eigenvalue weighted by molar-refractivity contribution is -0.147. The lowest BCUT2D eigenvalue weighted by Crippen LogP contribution is -2.50. The molecule has 160 valence electrons. The summed E-state index contributed by atoms with van der Waals surface area (Å²) >= 11 is 0. The minimum Gasteiger partial charge on any atom is -0.443 e. The zero-order valence-electron chi connectivity index (χ0n) is 17.3. The minimum absolute atomic E-state index is 0.182. The third-order valence-corrected chi connectivity index (χ3v) is 4.72. The van der Waals surface area contributed by atoms with Crippen molar-refractivity contribution in [1.82, 2.24) is 4.90 Å². The van der Waals surface area contributed by atoms with E-state index in [0.29, 0.717) is 18.4 Å². The van der Waals surface area contributed by atoms with Gasteiger partial charge in [0.05, 0.1) is 0 Å². The Bertz CT molecular complexity index is 751. The number of unbranched alkanes of at least 4 members (excludes halogenated alkanes) is 2. The van der Waals surface area contributed by atoms with Crippen LogP contribution in [0.25, 0.3) is 0 Å². The third-order valence-electron chi connectivity index (χ3n) is 4.72. The van der Waals surface area contributed by atoms with Gasteiger partial charge in [-0.15, -0.1) is 0 Å². The van der Waals surface area contributed by atoms with E-state index in [2.05, 4.69) is 0 Å². The van der Waals surface area contributed by atoms with E-state index >= 15 is 0 Å². The fourth-order valence-corrected chi connectivity index (χ4v) is 3.44. The molecule has 2 rings (SSSR count). The van der Waals surface area contributed by atoms with Crippen LogP contribution in [0.2, 0.25) is 0 Å². The molecule has 0 spiro atoms. The molecule has 1 aromatic carbocycles. The number of halogens is 3. The summed E-state index contributed by atoms with van der Waals surface area (Å²) in [7, 11) is 0. The van der Waals surface area contributed by atoms with Crippen molar-refractivity contribution in [2.45, 2.75) is 71.1 Å². The Balaban J connectivity index is 2.53. The highest BCUT2D eigenvalue weighted by Crippen LogP contribution is 2.42. The smallest absolute Gasteiger partial charge is 0.431 e. The first-order valence-corrected chi connectivity index (χ1v) is 9.86. The Morgan fingerprint density at radius 2 is 1.72 bits per heavy atom. The third kappa shape index (κ3) is 5.84. The molecule has 1 aliphatic heterocycles. The van der Waals surface area contributed by atoms with Crippen LogP contribution in [-0.2, 0) is 9.53 Å². The molecular formula is C22H28F3NO3. The highest BCUT2D eigenvalue weighted by Gasteiger charge is 2.50. The average Bonchev–Trinajstić information content (AvgIpc) is 2.61. The van der Waals surface area contributed by atoms with Crippen molar-refractivity contribution in [2.24, 2.45) is 5.92 Å². The Morgan fingerprint density at radius 1 is 1.10 bits per heavy atom. The van der Waals surface area contributed by atoms with Crippen molar-refractivity contribution in [1.29, 1.82) is 0 Å². The van der Waals surface area contributed by atoms with Crippen LogP contribution >= 0.6 is 0 Å². The van der Waals surface area contributed by atoms with Gasteiger partial charge in [-0.2, -0.15) is 13.2 Å². The summed E-state index contributed by atoms with van der Waals surface area (Å²) in [6.45, 7) is 6.64. The second kappa shape index (κ2) is 9.01. The maximum atomic E-state index is 13.8. The average molecular weight is 411 g/mol. The lowest BCUT2D eigenvalue weighted by atomic mass is 9.79. The molecule has 0 radical (unpaired) electrons. The molecule has 1 heterocycles. The molecule has 0 saturated carbocycles. The van der Waals surface area contributed by atoms with Crippen molar-refractivity contribution < 1.29 is 27.5 Å². The quantitative estimate of drug-likeness (QED) is 0.543. The van der Waals surface area contributed by atoms with Crippen molar-refractivity contribution in [2.75, 3.05) is 0 Å². The molecule has 4 nitrogen and oxygen atoms in total. The molecule has 0 saturated heterocycles. The van der Waals surface area contributed by atoms with E-state index in [1.165, 1.54) is 0 Å². The van der Waals surface area contributed by atoms with Crippen LogP contribution in [-0.4, -0.2) is 28.7 Å². The molecule has 2 atom stereocenters. The first-order valence-electron chi connectivity index (χ1n) is 9.86. The molecule has 0 N–H and O–H groups in total. The van der Waals surface area contributed by atoms with Crippen LogP contribution in [0.1, 0.15) is 64.9 Å². The number of ether oxygens (including phenoxy) is 1. The lowest BCUT2D eigenvalue weighted by Gasteiger charge is -2.37. The van der Waals surface area contributed by atoms with Gasteiger partial charge in [-0.3, -0.25) is 4.79 Å². The van der Waals surface area contributed by atoms with Gasteiger partial charge >= 0.3 is 12.3 Å². The molecule has 0 aliphatic carbocycles. The molecule has 0 aromatic heterocycles. The van der Waals surface area contributed by atoms with E-state index in [1.54, 1.807) is 51.1 Å². The van der Waals surface area contributed by atoms with Crippen molar-refractivity contribution in [3.05, 3.63) is 47.7 Å². The van der Waals surface area contributed by atoms with Crippen molar-refractivity contribution in [3.8, 4) is 0 Å². The van der Waals surface area contributed by atoms with Gasteiger partial charge in [0.15, 0.2) is 0 Å². The van der Waals surface area contributed by atoms with Gasteiger partial charge in [-0.05, 0) is 38.8 Å². The van der Waals surface area contributed by atoms with E-state index in [0.717, 1.165) is 18.9 Å². The number of hydrogen-bond acceptors (Lipinski definition) is 3. The zero-order chi connectivity index (χ0) is 21.8. The predicted molar refractivity (Wildman–Crippen MR) is 104 cm³/mol. The maximum absolute atomic E-state index is 13.8. The Hall–Kier alpha value is -2.31. The van der Waals surface area contributed by atoms with Crippen molar-refractivity contribution in [3.63, 3.8) is 0 Å². The number of carbonyl (C=O) groups excluding carboxylic acids is 2. The number of nitrogens with zero attached hydrogens (tertiary/aromatic N) is 1. The standard InChI is InChI=1S/C22H28F3NO3/c1-5-6-8-13-16-17(15-11-9-7-10-12-15)14-18(22(23,24)25)26(19(16)27)20(28)29-21(2,3)4/h7,9-12,14,16-17H,5-6,8,13H2,1-4H3/t16-,17+/m0/s1. The highest BCUT2D eigenvalue weighted by molar-refractivity contribution is 5.97. The number of carbonyl (C=O) groups is 2. The predicted octanol–water partition coefficient (Wildman–Crippen LogP) is 6.19. The van der Waals surface area contributed by atoms with Gasteiger partial charge in [-0.25, -0.2) is 9.69 Å². The number of imide groups is 1. The second-order valence-corrected chi connectivity index (χ2v) is 8.24. The summed E-state index contributed by atoms with van der Waals surface area (Å²) in [6, 6.07) is 8.63. The second-order valence-electron chi connectivity index (χ2n) is 8.24. The summed E-state index contributed by atoms with van der Waals surface area (Å²) in [5.74, 6) is -2.38. The minimum atomic E-state index is -4.87. The van der Waals surface area contributed by atoms with Crippen molar-refractivity contribution >= 4 is 12.0 Å². The maximum Gasteiger partial charge on any atom is 0.431 e. The van der Waals surface area contributed by atoms with Gasteiger partial charge in [0.1, 0.15) is 11.3 Å². The van der Waals surface area contributed by atoms with Crippen LogP contribution in [0.3, 0.4) is 0 Å². The van der Waals surface area contributed by atoms with Gasteiger partial charge in [0.2, 0.25) is 5.91 Å². The van der Waals surface area contributed by atoms with Gasteiger partial charge < -0.3 is 4.74 Å². The molecule has 1 aromatic rings. The first kappa shape index (κ1) is 23.0. The fraction of sp³-hybridized carbons (Fsp3) is 0.545. The summed E-state index contributed by atoms with van der Waals surface area (Å²) in [4.78, 5) is 25.9. The van der Waals surface area contributed by atoms with E-state index < -0.39 is 41.3 Å². The summed E-state index contributed by atoms with van der Waals surface area (Å²) in [5, 5.41) is 0. The molecule has 0 fully saturated rings. The zero-order valence-corrected chi connectivity index (χ0v) is 17.3. The Kier molecular flexibility index (Phi) is 7.14. The number of rotatable bonds is 5. The Labute approximate surface area is 169 Å². The summed E-state index contributed by atoms with van der Waals surface area (Å²) < 4.78 is 46.5. The number of hydrogen-bond donors (Lipinski definition) is 0. The number of amides is 2. The monoisotopic (exact) mass is 411 g/mol. The highest BCUT2D eigenvalue weighted by atomic mass is 19.4. The number of allylic oxidation sites excluding steroid dienone is 2. The molecule has 29 heavy (non-hydrogen) atoms. The summed E-state index contributed by atoms with van der Waals surface area (Å²) in [6.07, 6.45) is -2.31. The molecule has 0 bridgehead atoms. The van der Waals surface area contributed by atoms with Crippen LogP contribution in [0.15, 0.2) is 42.1 Å². The largest absolute Gasteiger partial charge is 0.443 e. The van der Waals surface area contributed by atoms with Crippen LogP contribution in [0.5, 0.6) is 0 Å². The molecular weight excluding hydrogens is 383 g/mol. The fourth-order valence-electron chi connectivity index (χ4n) is 3.44. The normalized spacial score (nSPS) is 20.4. The van der Waals surface area contributed by atoms with Gasteiger partial charge in [0, 0.05) is 11.8 Å². The van der Waals surface area contributed by atoms with E-state index in [-0.39, 0.29) is 4.90 Å². The molecule has 7 heteroatoms. The van der Waals surface area contributed by atoms with Gasteiger partial charge in [0.25, 0.3) is 0 Å². The molecule has 0 unspecified atom stereocenters. The van der Waals surface area contributed by atoms with E-state index in [4.69, 9.17) is 4.74 Å². The topological polar surface area (TPSA) is 46.6 Å². The van der Waals surface area contributed by atoms with Crippen LogP contribution in [0.4, 0.5) is 18.0 Å². The Morgan fingerprint density at radius 3 is 2.24 bits per heavy atom. The van der Waals surface area contributed by atoms with E-state index in [1.807, 2.05) is 6.92 Å². The summed E-state index contributed by atoms with van der Waals surface area (Å²) in [5.41, 5.74) is -1.69. The number of alkyl halides is 3. The van der Waals surface area contributed by atoms with Gasteiger partial charge in [-0.1, -0.05) is 56.5 Å². The van der Waals surface area contributed by atoms with Crippen LogP contribution in [0, 0.1) is 5.92 Å². The van der Waals surface area contributed by atoms with Crippen LogP contribution < -0.4 is 0 Å². The molecule has 2 amide bonds. The first-order chi connectivity index (χ1) is 13.5. The van der Waals surface area contributed by atoms with E-state index in [9.17, 15) is 22.8 Å². The SMILES string of the molecule is CCCCC[C@@H]1C(=O)N(C(=O)OC(C)(C)C)C(C(F)(F)F)=C[C@@H]1c1ccccc1.